The normalized spacial score (nSPS) is 12.7. The Balaban J connectivity index is 2.38. The van der Waals surface area contributed by atoms with Gasteiger partial charge in [-0.1, -0.05) is 15.9 Å². The molecule has 2 aromatic carbocycles. The summed E-state index contributed by atoms with van der Waals surface area (Å²) < 4.78 is 16.6. The number of alkyl halides is 1. The fourth-order valence-corrected chi connectivity index (χ4v) is 4.33. The van der Waals surface area contributed by atoms with Gasteiger partial charge in [0, 0.05) is 22.9 Å². The predicted octanol–water partition coefficient (Wildman–Crippen LogP) is 4.85. The van der Waals surface area contributed by atoms with Gasteiger partial charge in [0.15, 0.2) is 5.78 Å². The third-order valence-electron chi connectivity index (χ3n) is 5.65. The SMILES string of the molecule is COc1ccc(OC)c2c1C(=O)c1cc(CBr)c(CCC(C)=O)c(OC(=O)C(C)(C)C)c1C2=O. The summed E-state index contributed by atoms with van der Waals surface area (Å²) in [5.41, 5.74) is 0.584. The van der Waals surface area contributed by atoms with Crippen molar-refractivity contribution < 1.29 is 33.4 Å². The number of ether oxygens (including phenoxy) is 3. The summed E-state index contributed by atoms with van der Waals surface area (Å²) in [4.78, 5) is 52.3. The third kappa shape index (κ3) is 4.51. The lowest BCUT2D eigenvalue weighted by Crippen LogP contribution is -2.29. The van der Waals surface area contributed by atoms with Crippen molar-refractivity contribution in [2.75, 3.05) is 14.2 Å². The van der Waals surface area contributed by atoms with E-state index in [1.807, 2.05) is 0 Å². The van der Waals surface area contributed by atoms with E-state index in [4.69, 9.17) is 14.2 Å². The minimum atomic E-state index is -0.865. The van der Waals surface area contributed by atoms with Crippen molar-refractivity contribution in [1.29, 1.82) is 0 Å². The van der Waals surface area contributed by atoms with Crippen molar-refractivity contribution in [2.45, 2.75) is 45.9 Å². The molecule has 0 radical (unpaired) electrons. The highest BCUT2D eigenvalue weighted by atomic mass is 79.9. The summed E-state index contributed by atoms with van der Waals surface area (Å²) >= 11 is 3.43. The molecule has 180 valence electrons. The number of esters is 1. The third-order valence-corrected chi connectivity index (χ3v) is 6.25. The average molecular weight is 531 g/mol. The van der Waals surface area contributed by atoms with Crippen LogP contribution in [0.1, 0.15) is 77.1 Å². The number of Topliss-reactive ketones (excluding diaryl/α,β-unsaturated/α-hetero) is 1. The van der Waals surface area contributed by atoms with Gasteiger partial charge in [-0.25, -0.2) is 0 Å². The standard InChI is InChI=1S/C26H27BrO7/c1-13(28)7-8-15-14(12-27)11-16-19(24(15)34-25(31)26(2,3)4)23(30)21-18(33-6)10-9-17(32-5)20(21)22(16)29/h9-11H,7-8,12H2,1-6H3. The van der Waals surface area contributed by atoms with Crippen LogP contribution in [0.3, 0.4) is 0 Å². The van der Waals surface area contributed by atoms with Crippen molar-refractivity contribution in [3.8, 4) is 17.2 Å². The lowest BCUT2D eigenvalue weighted by Gasteiger charge is -2.27. The second kappa shape index (κ2) is 9.70. The number of carbonyl (C=O) groups is 4. The zero-order valence-corrected chi connectivity index (χ0v) is 21.7. The van der Waals surface area contributed by atoms with E-state index in [1.54, 1.807) is 39.0 Å². The van der Waals surface area contributed by atoms with Crippen molar-refractivity contribution in [1.82, 2.24) is 0 Å². The molecule has 1 aliphatic rings. The van der Waals surface area contributed by atoms with Crippen molar-refractivity contribution >= 4 is 39.2 Å². The number of fused-ring (bicyclic) bond motifs is 2. The highest BCUT2D eigenvalue weighted by Crippen LogP contribution is 2.44. The molecule has 0 amide bonds. The van der Waals surface area contributed by atoms with E-state index in [0.717, 1.165) is 0 Å². The van der Waals surface area contributed by atoms with Gasteiger partial charge in [-0.2, -0.15) is 0 Å². The maximum Gasteiger partial charge on any atom is 0.316 e. The molecule has 0 aliphatic heterocycles. The molecule has 0 heterocycles. The molecule has 0 aromatic heterocycles. The molecule has 0 unspecified atom stereocenters. The first kappa shape index (κ1) is 25.6. The summed E-state index contributed by atoms with van der Waals surface area (Å²) in [6, 6.07) is 4.75. The van der Waals surface area contributed by atoms with Crippen LogP contribution in [0, 0.1) is 5.41 Å². The number of carbonyl (C=O) groups excluding carboxylic acids is 4. The van der Waals surface area contributed by atoms with Gasteiger partial charge in [0.1, 0.15) is 23.0 Å². The summed E-state index contributed by atoms with van der Waals surface area (Å²) in [6.07, 6.45) is 0.439. The Kier molecular flexibility index (Phi) is 7.31. The summed E-state index contributed by atoms with van der Waals surface area (Å²) in [7, 11) is 2.82. The van der Waals surface area contributed by atoms with Crippen LogP contribution in [0.25, 0.3) is 0 Å². The van der Waals surface area contributed by atoms with E-state index < -0.39 is 23.0 Å². The number of methoxy groups -OCH3 is 2. The fraction of sp³-hybridized carbons (Fsp3) is 0.385. The molecule has 0 N–H and O–H groups in total. The number of hydrogen-bond donors (Lipinski definition) is 0. The van der Waals surface area contributed by atoms with Crippen molar-refractivity contribution in [3.05, 3.63) is 51.6 Å². The Hall–Kier alpha value is -3.00. The van der Waals surface area contributed by atoms with Crippen LogP contribution >= 0.6 is 15.9 Å². The predicted molar refractivity (Wildman–Crippen MR) is 130 cm³/mol. The topological polar surface area (TPSA) is 96.0 Å². The number of halogens is 1. The lowest BCUT2D eigenvalue weighted by molar-refractivity contribution is -0.143. The van der Waals surface area contributed by atoms with Crippen molar-refractivity contribution in [2.24, 2.45) is 5.41 Å². The van der Waals surface area contributed by atoms with E-state index in [0.29, 0.717) is 16.5 Å². The van der Waals surface area contributed by atoms with Gasteiger partial charge in [0.25, 0.3) is 0 Å². The highest BCUT2D eigenvalue weighted by molar-refractivity contribution is 9.08. The molecule has 0 spiro atoms. The Morgan fingerprint density at radius 2 is 1.50 bits per heavy atom. The highest BCUT2D eigenvalue weighted by Gasteiger charge is 2.40. The van der Waals surface area contributed by atoms with Crippen LogP contribution in [0.4, 0.5) is 0 Å². The van der Waals surface area contributed by atoms with Gasteiger partial charge in [0.2, 0.25) is 5.78 Å². The van der Waals surface area contributed by atoms with Gasteiger partial charge < -0.3 is 19.0 Å². The molecule has 8 heteroatoms. The van der Waals surface area contributed by atoms with Gasteiger partial charge in [-0.15, -0.1) is 0 Å². The molecule has 0 fully saturated rings. The molecule has 34 heavy (non-hydrogen) atoms. The van der Waals surface area contributed by atoms with Crippen LogP contribution in [0.5, 0.6) is 17.2 Å². The number of rotatable bonds is 7. The molecule has 0 atom stereocenters. The average Bonchev–Trinajstić information content (AvgIpc) is 2.79. The molecule has 0 saturated carbocycles. The quantitative estimate of drug-likeness (QED) is 0.244. The van der Waals surface area contributed by atoms with Crippen LogP contribution in [0.2, 0.25) is 0 Å². The number of hydrogen-bond acceptors (Lipinski definition) is 7. The number of benzene rings is 2. The molecule has 2 aromatic rings. The van der Waals surface area contributed by atoms with E-state index in [2.05, 4.69) is 15.9 Å². The monoisotopic (exact) mass is 530 g/mol. The Bertz CT molecular complexity index is 1200. The van der Waals surface area contributed by atoms with Crippen molar-refractivity contribution in [3.63, 3.8) is 0 Å². The first-order valence-corrected chi connectivity index (χ1v) is 11.9. The maximum atomic E-state index is 13.9. The van der Waals surface area contributed by atoms with E-state index in [9.17, 15) is 19.2 Å². The summed E-state index contributed by atoms with van der Waals surface area (Å²) in [5.74, 6) is -1.09. The van der Waals surface area contributed by atoms with Crippen LogP contribution in [-0.4, -0.2) is 37.5 Å². The first-order valence-electron chi connectivity index (χ1n) is 10.8. The smallest absolute Gasteiger partial charge is 0.316 e. The van der Waals surface area contributed by atoms with Gasteiger partial charge in [-0.05, 0) is 57.9 Å². The van der Waals surface area contributed by atoms with Crippen LogP contribution < -0.4 is 14.2 Å². The molecule has 3 rings (SSSR count). The molecular formula is C26H27BrO7. The molecule has 7 nitrogen and oxygen atoms in total. The van der Waals surface area contributed by atoms with Crippen LogP contribution in [0.15, 0.2) is 18.2 Å². The van der Waals surface area contributed by atoms with Gasteiger partial charge in [0.05, 0.1) is 36.3 Å². The maximum absolute atomic E-state index is 13.9. The molecule has 0 bridgehead atoms. The summed E-state index contributed by atoms with van der Waals surface area (Å²) in [5, 5.41) is 0.331. The van der Waals surface area contributed by atoms with Gasteiger partial charge in [-0.3, -0.25) is 14.4 Å². The Labute approximate surface area is 206 Å². The minimum absolute atomic E-state index is 0.00935. The van der Waals surface area contributed by atoms with Gasteiger partial charge >= 0.3 is 5.97 Å². The van der Waals surface area contributed by atoms with E-state index in [1.165, 1.54) is 21.1 Å². The Morgan fingerprint density at radius 1 is 0.941 bits per heavy atom. The van der Waals surface area contributed by atoms with Crippen LogP contribution in [-0.2, 0) is 21.3 Å². The fourth-order valence-electron chi connectivity index (χ4n) is 3.82. The largest absolute Gasteiger partial charge is 0.496 e. The van der Waals surface area contributed by atoms with E-state index in [-0.39, 0.29) is 58.1 Å². The van der Waals surface area contributed by atoms with E-state index >= 15 is 0 Å². The second-order valence-corrected chi connectivity index (χ2v) is 9.68. The second-order valence-electron chi connectivity index (χ2n) is 9.12. The number of ketones is 3. The first-order chi connectivity index (χ1) is 16.0. The zero-order chi connectivity index (χ0) is 25.4. The lowest BCUT2D eigenvalue weighted by atomic mass is 9.80. The molecular weight excluding hydrogens is 504 g/mol. The Morgan fingerprint density at radius 3 is 1.97 bits per heavy atom. The summed E-state index contributed by atoms with van der Waals surface area (Å²) in [6.45, 7) is 6.56. The zero-order valence-electron chi connectivity index (χ0n) is 20.1. The minimum Gasteiger partial charge on any atom is -0.496 e. The molecule has 0 saturated heterocycles. The molecule has 1 aliphatic carbocycles.